The predicted molar refractivity (Wildman–Crippen MR) is 83.9 cm³/mol. The first-order valence-corrected chi connectivity index (χ1v) is 8.54. The van der Waals surface area contributed by atoms with Crippen LogP contribution in [0.3, 0.4) is 0 Å². The van der Waals surface area contributed by atoms with Gasteiger partial charge in [-0.3, -0.25) is 0 Å². The second-order valence-corrected chi connectivity index (χ2v) is 7.79. The van der Waals surface area contributed by atoms with Crippen molar-refractivity contribution in [1.82, 2.24) is 0 Å². The molecule has 0 amide bonds. The maximum atomic E-state index is 14.4. The van der Waals surface area contributed by atoms with Gasteiger partial charge in [-0.05, 0) is 39.8 Å². The Bertz CT molecular complexity index is 724. The topological polar surface area (TPSA) is 66.4 Å². The Labute approximate surface area is 149 Å². The van der Waals surface area contributed by atoms with Crippen molar-refractivity contribution in [1.29, 1.82) is 0 Å². The first-order valence-electron chi connectivity index (χ1n) is 8.54. The molecular weight excluding hydrogens is 350 g/mol. The fraction of sp³-hybridized carbons (Fsp3) is 0.667. The van der Waals surface area contributed by atoms with E-state index >= 15 is 0 Å². The van der Waals surface area contributed by atoms with Crippen LogP contribution in [0.25, 0.3) is 0 Å². The lowest BCUT2D eigenvalue weighted by Gasteiger charge is -2.31. The van der Waals surface area contributed by atoms with Crippen molar-refractivity contribution in [3.8, 4) is 0 Å². The third kappa shape index (κ3) is 2.85. The van der Waals surface area contributed by atoms with Crippen molar-refractivity contribution in [2.24, 2.45) is 0 Å². The van der Waals surface area contributed by atoms with E-state index in [-0.39, 0.29) is 12.2 Å². The molecule has 1 N–H and O–H groups in total. The molecule has 0 saturated carbocycles. The molecule has 4 rings (SSSR count). The number of hydrogen-bond donors (Lipinski definition) is 1. The van der Waals surface area contributed by atoms with Gasteiger partial charge in [-0.25, -0.2) is 8.78 Å². The van der Waals surface area contributed by atoms with Crippen LogP contribution in [-0.2, 0) is 29.5 Å². The SMILES string of the molecule is CC1(C)OC[C@H]([C@H]2OC(O)(c3ccc(F)cc3F)[C@H]3OC(C)(C)O[C@@H]23)O1. The second-order valence-electron chi connectivity index (χ2n) is 7.79. The Morgan fingerprint density at radius 2 is 1.69 bits per heavy atom. The number of hydrogen-bond acceptors (Lipinski definition) is 6. The Morgan fingerprint density at radius 1 is 0.962 bits per heavy atom. The lowest BCUT2D eigenvalue weighted by molar-refractivity contribution is -0.292. The number of rotatable bonds is 2. The number of halogens is 2. The maximum Gasteiger partial charge on any atom is 0.225 e. The van der Waals surface area contributed by atoms with E-state index in [2.05, 4.69) is 0 Å². The number of ether oxygens (including phenoxy) is 5. The van der Waals surface area contributed by atoms with Crippen LogP contribution in [0.1, 0.15) is 33.3 Å². The molecule has 3 aliphatic heterocycles. The number of aliphatic hydroxyl groups is 1. The Balaban J connectivity index is 1.72. The minimum absolute atomic E-state index is 0.212. The van der Waals surface area contributed by atoms with Crippen LogP contribution in [0.2, 0.25) is 0 Å². The summed E-state index contributed by atoms with van der Waals surface area (Å²) in [6, 6.07) is 2.90. The lowest BCUT2D eigenvalue weighted by Crippen LogP contribution is -2.41. The van der Waals surface area contributed by atoms with Crippen LogP contribution < -0.4 is 0 Å². The van der Waals surface area contributed by atoms with E-state index in [1.54, 1.807) is 27.7 Å². The Hall–Kier alpha value is -1.16. The van der Waals surface area contributed by atoms with E-state index < -0.39 is 53.4 Å². The zero-order valence-corrected chi connectivity index (χ0v) is 15.0. The van der Waals surface area contributed by atoms with Gasteiger partial charge in [-0.1, -0.05) is 0 Å². The molecule has 0 bridgehead atoms. The first-order chi connectivity index (χ1) is 12.0. The average molecular weight is 372 g/mol. The van der Waals surface area contributed by atoms with Crippen LogP contribution in [0.4, 0.5) is 8.78 Å². The van der Waals surface area contributed by atoms with E-state index in [1.807, 2.05) is 0 Å². The van der Waals surface area contributed by atoms with Gasteiger partial charge in [0.05, 0.1) is 6.61 Å². The van der Waals surface area contributed by atoms with Crippen molar-refractivity contribution in [3.05, 3.63) is 35.4 Å². The smallest absolute Gasteiger partial charge is 0.225 e. The summed E-state index contributed by atoms with van der Waals surface area (Å²) in [7, 11) is 0. The molecule has 1 unspecified atom stereocenters. The highest BCUT2D eigenvalue weighted by molar-refractivity contribution is 5.27. The van der Waals surface area contributed by atoms with E-state index in [4.69, 9.17) is 23.7 Å². The highest BCUT2D eigenvalue weighted by Crippen LogP contribution is 2.50. The second kappa shape index (κ2) is 5.67. The zero-order chi connectivity index (χ0) is 18.9. The monoisotopic (exact) mass is 372 g/mol. The van der Waals surface area contributed by atoms with Crippen LogP contribution in [0.15, 0.2) is 18.2 Å². The molecule has 0 spiro atoms. The summed E-state index contributed by atoms with van der Waals surface area (Å²) in [5.41, 5.74) is -0.212. The molecule has 6 nitrogen and oxygen atoms in total. The summed E-state index contributed by atoms with van der Waals surface area (Å²) in [4.78, 5) is 0. The van der Waals surface area contributed by atoms with Gasteiger partial charge in [-0.15, -0.1) is 0 Å². The van der Waals surface area contributed by atoms with E-state index in [0.717, 1.165) is 12.1 Å². The van der Waals surface area contributed by atoms with Gasteiger partial charge in [0, 0.05) is 11.6 Å². The van der Waals surface area contributed by atoms with Crippen molar-refractivity contribution < 1.29 is 37.6 Å². The predicted octanol–water partition coefficient (Wildman–Crippen LogP) is 2.18. The van der Waals surface area contributed by atoms with Gasteiger partial charge in [0.25, 0.3) is 0 Å². The molecular formula is C18H22F2O6. The molecule has 5 atom stereocenters. The van der Waals surface area contributed by atoms with Gasteiger partial charge in [0.15, 0.2) is 11.6 Å². The highest BCUT2D eigenvalue weighted by atomic mass is 19.1. The molecule has 3 saturated heterocycles. The molecule has 0 radical (unpaired) electrons. The molecule has 26 heavy (non-hydrogen) atoms. The van der Waals surface area contributed by atoms with Crippen LogP contribution >= 0.6 is 0 Å². The molecule has 3 fully saturated rings. The molecule has 3 aliphatic rings. The Kier molecular flexibility index (Phi) is 3.97. The molecule has 0 aliphatic carbocycles. The van der Waals surface area contributed by atoms with Crippen molar-refractivity contribution in [3.63, 3.8) is 0 Å². The fourth-order valence-corrected chi connectivity index (χ4v) is 3.84. The molecule has 3 heterocycles. The summed E-state index contributed by atoms with van der Waals surface area (Å²) >= 11 is 0. The largest absolute Gasteiger partial charge is 0.360 e. The van der Waals surface area contributed by atoms with Crippen LogP contribution in [0, 0.1) is 11.6 Å². The van der Waals surface area contributed by atoms with E-state index in [0.29, 0.717) is 6.07 Å². The van der Waals surface area contributed by atoms with Gasteiger partial charge in [0.1, 0.15) is 36.1 Å². The zero-order valence-electron chi connectivity index (χ0n) is 15.0. The number of fused-ring (bicyclic) bond motifs is 1. The Morgan fingerprint density at radius 3 is 2.31 bits per heavy atom. The van der Waals surface area contributed by atoms with Crippen LogP contribution in [0.5, 0.6) is 0 Å². The van der Waals surface area contributed by atoms with Gasteiger partial charge in [-0.2, -0.15) is 0 Å². The third-order valence-electron chi connectivity index (χ3n) is 4.87. The minimum atomic E-state index is -2.14. The molecule has 1 aromatic carbocycles. The van der Waals surface area contributed by atoms with Gasteiger partial charge >= 0.3 is 0 Å². The van der Waals surface area contributed by atoms with Crippen molar-refractivity contribution in [2.75, 3.05) is 6.61 Å². The molecule has 144 valence electrons. The fourth-order valence-electron chi connectivity index (χ4n) is 3.84. The van der Waals surface area contributed by atoms with Gasteiger partial charge in [0.2, 0.25) is 5.79 Å². The summed E-state index contributed by atoms with van der Waals surface area (Å²) in [5.74, 6) is -5.63. The summed E-state index contributed by atoms with van der Waals surface area (Å²) in [6.45, 7) is 7.15. The average Bonchev–Trinajstić information content (AvgIpc) is 3.11. The first kappa shape index (κ1) is 18.2. The summed E-state index contributed by atoms with van der Waals surface area (Å²) < 4.78 is 56.7. The highest BCUT2D eigenvalue weighted by Gasteiger charge is 2.66. The van der Waals surface area contributed by atoms with E-state index in [9.17, 15) is 13.9 Å². The summed E-state index contributed by atoms with van der Waals surface area (Å²) in [6.07, 6.45) is -3.00. The lowest BCUT2D eigenvalue weighted by atomic mass is 9.96. The minimum Gasteiger partial charge on any atom is -0.360 e. The number of benzene rings is 1. The van der Waals surface area contributed by atoms with Crippen LogP contribution in [-0.4, -0.2) is 47.7 Å². The standard InChI is InChI=1S/C18H22F2O6/c1-16(2)22-8-12(23-16)13-14-15(26-17(3,4)24-14)18(21,25-13)10-6-5-9(19)7-11(10)20/h5-7,12-15,21H,8H2,1-4H3/t12-,13-,14+,15+,18?/m1/s1. The quantitative estimate of drug-likeness (QED) is 0.859. The summed E-state index contributed by atoms with van der Waals surface area (Å²) in [5, 5.41) is 11.2. The molecule has 0 aromatic heterocycles. The normalized spacial score (nSPS) is 40.7. The molecule has 1 aromatic rings. The van der Waals surface area contributed by atoms with Gasteiger partial charge < -0.3 is 28.8 Å². The van der Waals surface area contributed by atoms with Crippen molar-refractivity contribution in [2.45, 2.75) is 69.5 Å². The molecule has 8 heteroatoms. The van der Waals surface area contributed by atoms with E-state index in [1.165, 1.54) is 0 Å². The van der Waals surface area contributed by atoms with Crippen molar-refractivity contribution >= 4 is 0 Å². The maximum absolute atomic E-state index is 14.4. The third-order valence-corrected chi connectivity index (χ3v) is 4.87.